The Bertz CT molecular complexity index is 206. The average molecular weight is 196 g/mol. The number of allylic oxidation sites excluding steroid dienone is 1. The zero-order chi connectivity index (χ0) is 10.0. The lowest BCUT2D eigenvalue weighted by molar-refractivity contribution is -0.231. The van der Waals surface area contributed by atoms with E-state index in [0.29, 0.717) is 12.0 Å². The van der Waals surface area contributed by atoms with Crippen molar-refractivity contribution in [3.05, 3.63) is 12.7 Å². The van der Waals surface area contributed by atoms with Gasteiger partial charge in [-0.1, -0.05) is 25.8 Å². The van der Waals surface area contributed by atoms with Gasteiger partial charge < -0.3 is 9.47 Å². The lowest BCUT2D eigenvalue weighted by Crippen LogP contribution is -2.44. The van der Waals surface area contributed by atoms with E-state index in [1.807, 2.05) is 6.08 Å². The first-order valence-electron chi connectivity index (χ1n) is 5.72. The molecule has 1 aliphatic heterocycles. The van der Waals surface area contributed by atoms with Crippen LogP contribution in [0.3, 0.4) is 0 Å². The van der Waals surface area contributed by atoms with Crippen molar-refractivity contribution in [2.45, 2.75) is 50.9 Å². The van der Waals surface area contributed by atoms with Gasteiger partial charge in [-0.05, 0) is 12.3 Å². The topological polar surface area (TPSA) is 18.5 Å². The molecule has 2 aliphatic rings. The zero-order valence-corrected chi connectivity index (χ0v) is 9.00. The Hall–Kier alpha value is -0.340. The zero-order valence-electron chi connectivity index (χ0n) is 9.00. The summed E-state index contributed by atoms with van der Waals surface area (Å²) >= 11 is 0. The van der Waals surface area contributed by atoms with Crippen LogP contribution in [0.5, 0.6) is 0 Å². The van der Waals surface area contributed by atoms with Gasteiger partial charge in [-0.3, -0.25) is 0 Å². The first-order chi connectivity index (χ1) is 6.78. The Morgan fingerprint density at radius 2 is 2.29 bits per heavy atom. The summed E-state index contributed by atoms with van der Waals surface area (Å²) in [5.74, 6) is 0.400. The summed E-state index contributed by atoms with van der Waals surface area (Å²) in [6.45, 7) is 6.80. The maximum absolute atomic E-state index is 5.95. The molecule has 1 aliphatic carbocycles. The molecule has 1 saturated carbocycles. The van der Waals surface area contributed by atoms with Gasteiger partial charge in [0, 0.05) is 12.8 Å². The Morgan fingerprint density at radius 3 is 2.93 bits per heavy atom. The predicted molar refractivity (Wildman–Crippen MR) is 56.0 cm³/mol. The van der Waals surface area contributed by atoms with Crippen LogP contribution in [0.4, 0.5) is 0 Å². The third-order valence-electron chi connectivity index (χ3n) is 3.27. The van der Waals surface area contributed by atoms with Crippen LogP contribution in [0.1, 0.15) is 39.0 Å². The number of ether oxygens (including phenoxy) is 2. The van der Waals surface area contributed by atoms with Gasteiger partial charge in [0.25, 0.3) is 0 Å². The largest absolute Gasteiger partial charge is 0.347 e. The van der Waals surface area contributed by atoms with E-state index in [9.17, 15) is 0 Å². The smallest absolute Gasteiger partial charge is 0.170 e. The molecular formula is C12H20O2. The Morgan fingerprint density at radius 1 is 1.50 bits per heavy atom. The second-order valence-electron chi connectivity index (χ2n) is 4.51. The molecule has 1 spiro atoms. The van der Waals surface area contributed by atoms with Gasteiger partial charge in [-0.15, -0.1) is 6.58 Å². The fraction of sp³-hybridized carbons (Fsp3) is 0.833. The second kappa shape index (κ2) is 4.03. The summed E-state index contributed by atoms with van der Waals surface area (Å²) in [6, 6.07) is 0. The van der Waals surface area contributed by atoms with E-state index in [1.165, 1.54) is 12.8 Å². The van der Waals surface area contributed by atoms with E-state index >= 15 is 0 Å². The molecule has 1 atom stereocenters. The quantitative estimate of drug-likeness (QED) is 0.644. The summed E-state index contributed by atoms with van der Waals surface area (Å²) in [5.41, 5.74) is 0. The van der Waals surface area contributed by atoms with Crippen molar-refractivity contribution < 1.29 is 9.47 Å². The van der Waals surface area contributed by atoms with Crippen LogP contribution in [0, 0.1) is 5.92 Å². The lowest BCUT2D eigenvalue weighted by atomic mass is 9.79. The number of unbranched alkanes of at least 4 members (excludes halogenated alkanes) is 1. The summed E-state index contributed by atoms with van der Waals surface area (Å²) in [7, 11) is 0. The molecular weight excluding hydrogens is 176 g/mol. The monoisotopic (exact) mass is 196 g/mol. The van der Waals surface area contributed by atoms with Gasteiger partial charge >= 0.3 is 0 Å². The van der Waals surface area contributed by atoms with Crippen molar-refractivity contribution >= 4 is 0 Å². The van der Waals surface area contributed by atoms with Gasteiger partial charge in [-0.25, -0.2) is 0 Å². The summed E-state index contributed by atoms with van der Waals surface area (Å²) in [4.78, 5) is 0. The lowest BCUT2D eigenvalue weighted by Gasteiger charge is -2.41. The highest BCUT2D eigenvalue weighted by Crippen LogP contribution is 2.46. The Kier molecular flexibility index (Phi) is 2.93. The van der Waals surface area contributed by atoms with Crippen LogP contribution in [0.25, 0.3) is 0 Å². The van der Waals surface area contributed by atoms with E-state index in [4.69, 9.17) is 9.47 Å². The van der Waals surface area contributed by atoms with Crippen molar-refractivity contribution in [1.82, 2.24) is 0 Å². The fourth-order valence-corrected chi connectivity index (χ4v) is 2.31. The van der Waals surface area contributed by atoms with Crippen LogP contribution < -0.4 is 0 Å². The Labute approximate surface area is 86.3 Å². The van der Waals surface area contributed by atoms with Crippen molar-refractivity contribution in [2.24, 2.45) is 5.92 Å². The molecule has 0 aromatic heterocycles. The minimum atomic E-state index is -0.211. The highest BCUT2D eigenvalue weighted by Gasteiger charge is 2.50. The fourth-order valence-electron chi connectivity index (χ4n) is 2.31. The molecule has 0 amide bonds. The van der Waals surface area contributed by atoms with Crippen LogP contribution in [0.2, 0.25) is 0 Å². The summed E-state index contributed by atoms with van der Waals surface area (Å²) in [6.07, 6.45) is 8.02. The highest BCUT2D eigenvalue weighted by atomic mass is 16.7. The summed E-state index contributed by atoms with van der Waals surface area (Å²) < 4.78 is 11.7. The molecule has 2 rings (SSSR count). The third kappa shape index (κ3) is 1.86. The predicted octanol–water partition coefficient (Wildman–Crippen LogP) is 2.88. The molecule has 2 fully saturated rings. The van der Waals surface area contributed by atoms with E-state index in [0.717, 1.165) is 25.9 Å². The SMILES string of the molecule is C=CC1CC2(C1)OCC(CCCC)O2. The van der Waals surface area contributed by atoms with Gasteiger partial charge in [0.15, 0.2) is 5.79 Å². The van der Waals surface area contributed by atoms with Gasteiger partial charge in [0.05, 0.1) is 12.7 Å². The van der Waals surface area contributed by atoms with Crippen LogP contribution in [-0.4, -0.2) is 18.5 Å². The molecule has 2 nitrogen and oxygen atoms in total. The maximum Gasteiger partial charge on any atom is 0.170 e. The molecule has 80 valence electrons. The van der Waals surface area contributed by atoms with E-state index < -0.39 is 0 Å². The van der Waals surface area contributed by atoms with Crippen LogP contribution in [0.15, 0.2) is 12.7 Å². The van der Waals surface area contributed by atoms with E-state index in [2.05, 4.69) is 13.5 Å². The number of hydrogen-bond acceptors (Lipinski definition) is 2. The van der Waals surface area contributed by atoms with Crippen molar-refractivity contribution in [2.75, 3.05) is 6.61 Å². The maximum atomic E-state index is 5.95. The molecule has 0 radical (unpaired) electrons. The minimum Gasteiger partial charge on any atom is -0.347 e. The third-order valence-corrected chi connectivity index (χ3v) is 3.27. The number of rotatable bonds is 4. The van der Waals surface area contributed by atoms with Crippen molar-refractivity contribution in [3.8, 4) is 0 Å². The van der Waals surface area contributed by atoms with E-state index in [1.54, 1.807) is 0 Å². The molecule has 0 bridgehead atoms. The van der Waals surface area contributed by atoms with Crippen molar-refractivity contribution in [3.63, 3.8) is 0 Å². The molecule has 1 unspecified atom stereocenters. The Balaban J connectivity index is 1.75. The first-order valence-corrected chi connectivity index (χ1v) is 5.72. The van der Waals surface area contributed by atoms with Crippen LogP contribution in [-0.2, 0) is 9.47 Å². The van der Waals surface area contributed by atoms with Gasteiger partial charge in [0.1, 0.15) is 0 Å². The molecule has 0 N–H and O–H groups in total. The van der Waals surface area contributed by atoms with E-state index in [-0.39, 0.29) is 5.79 Å². The molecule has 1 saturated heterocycles. The van der Waals surface area contributed by atoms with Gasteiger partial charge in [-0.2, -0.15) is 0 Å². The average Bonchev–Trinajstić information content (AvgIpc) is 2.56. The standard InChI is InChI=1S/C12H20O2/c1-3-5-6-11-9-13-12(14-11)7-10(4-2)8-12/h4,10-11H,2-3,5-9H2,1H3. The normalized spacial score (nSPS) is 41.2. The first kappa shape index (κ1) is 10.2. The molecule has 2 heteroatoms. The van der Waals surface area contributed by atoms with Gasteiger partial charge in [0.2, 0.25) is 0 Å². The van der Waals surface area contributed by atoms with Crippen LogP contribution >= 0.6 is 0 Å². The second-order valence-corrected chi connectivity index (χ2v) is 4.51. The molecule has 0 aromatic rings. The molecule has 1 heterocycles. The highest BCUT2D eigenvalue weighted by molar-refractivity contribution is 4.99. The van der Waals surface area contributed by atoms with Crippen molar-refractivity contribution in [1.29, 1.82) is 0 Å². The summed E-state index contributed by atoms with van der Waals surface area (Å²) in [5, 5.41) is 0. The molecule has 0 aromatic carbocycles. The minimum absolute atomic E-state index is 0.211. The molecule has 14 heavy (non-hydrogen) atoms. The number of hydrogen-bond donors (Lipinski definition) is 0.